The summed E-state index contributed by atoms with van der Waals surface area (Å²) in [6.45, 7) is 0.680. The lowest BCUT2D eigenvalue weighted by Gasteiger charge is -2.05. The van der Waals surface area contributed by atoms with E-state index in [1.54, 1.807) is 11.3 Å². The highest BCUT2D eigenvalue weighted by molar-refractivity contribution is 7.17. The number of fused-ring (bicyclic) bond motifs is 1. The highest BCUT2D eigenvalue weighted by Crippen LogP contribution is 2.24. The molecule has 1 amide bonds. The number of carbonyl (C=O) groups is 1. The Labute approximate surface area is 95.5 Å². The van der Waals surface area contributed by atoms with Crippen molar-refractivity contribution >= 4 is 33.5 Å². The van der Waals surface area contributed by atoms with Crippen LogP contribution in [0.4, 0.5) is 10.6 Å². The Kier molecular flexibility index (Phi) is 3.16. The van der Waals surface area contributed by atoms with E-state index < -0.39 is 6.09 Å². The van der Waals surface area contributed by atoms with Crippen LogP contribution in [0.25, 0.3) is 10.2 Å². The molecule has 0 atom stereocenters. The van der Waals surface area contributed by atoms with Gasteiger partial charge in [-0.3, -0.25) is 0 Å². The number of thiophene rings is 1. The molecule has 3 N–H and O–H groups in total. The summed E-state index contributed by atoms with van der Waals surface area (Å²) in [7, 11) is 0. The van der Waals surface area contributed by atoms with E-state index >= 15 is 0 Å². The van der Waals surface area contributed by atoms with Gasteiger partial charge in [-0.15, -0.1) is 11.3 Å². The zero-order valence-electron chi connectivity index (χ0n) is 8.34. The van der Waals surface area contributed by atoms with Crippen LogP contribution in [0.2, 0.25) is 0 Å². The molecule has 0 spiro atoms. The fraction of sp³-hybridized carbons (Fsp3) is 0.222. The number of carbonyl (C=O) groups excluding carboxylic acids is 1. The molecule has 0 aromatic carbocycles. The third-order valence-electron chi connectivity index (χ3n) is 1.88. The lowest BCUT2D eigenvalue weighted by Crippen LogP contribution is -2.18. The SMILES string of the molecule is NC(=O)OCCNc1ncnc2ccsc12. The third-order valence-corrected chi connectivity index (χ3v) is 2.79. The van der Waals surface area contributed by atoms with Crippen molar-refractivity contribution in [3.63, 3.8) is 0 Å². The molecule has 7 heteroatoms. The second-order valence-corrected chi connectivity index (χ2v) is 3.87. The van der Waals surface area contributed by atoms with Crippen LogP contribution in [0.5, 0.6) is 0 Å². The summed E-state index contributed by atoms with van der Waals surface area (Å²) >= 11 is 1.56. The van der Waals surface area contributed by atoms with Gasteiger partial charge in [0.1, 0.15) is 18.8 Å². The highest BCUT2D eigenvalue weighted by Gasteiger charge is 2.03. The minimum Gasteiger partial charge on any atom is -0.448 e. The van der Waals surface area contributed by atoms with Gasteiger partial charge in [0.05, 0.1) is 16.8 Å². The Bertz CT molecular complexity index is 499. The molecule has 2 aromatic rings. The lowest BCUT2D eigenvalue weighted by atomic mass is 10.4. The molecule has 0 saturated heterocycles. The molecule has 0 aliphatic rings. The van der Waals surface area contributed by atoms with Crippen LogP contribution >= 0.6 is 11.3 Å². The van der Waals surface area contributed by atoms with Crippen LogP contribution in [0.1, 0.15) is 0 Å². The van der Waals surface area contributed by atoms with E-state index in [0.29, 0.717) is 6.54 Å². The number of amides is 1. The van der Waals surface area contributed by atoms with Crippen molar-refractivity contribution in [2.24, 2.45) is 5.73 Å². The number of nitrogens with two attached hydrogens (primary N) is 1. The van der Waals surface area contributed by atoms with Gasteiger partial charge >= 0.3 is 6.09 Å². The fourth-order valence-electron chi connectivity index (χ4n) is 1.24. The van der Waals surface area contributed by atoms with Gasteiger partial charge in [-0.2, -0.15) is 0 Å². The van der Waals surface area contributed by atoms with Crippen LogP contribution in [0.15, 0.2) is 17.8 Å². The first kappa shape index (κ1) is 10.6. The summed E-state index contributed by atoms with van der Waals surface area (Å²) in [6, 6.07) is 1.92. The topological polar surface area (TPSA) is 90.1 Å². The number of rotatable bonds is 4. The van der Waals surface area contributed by atoms with Crippen molar-refractivity contribution < 1.29 is 9.53 Å². The standard InChI is InChI=1S/C9H10N4O2S/c10-9(14)15-3-2-11-8-7-6(1-4-16-7)12-5-13-8/h1,4-5H,2-3H2,(H2,10,14)(H,11,12,13). The van der Waals surface area contributed by atoms with E-state index in [-0.39, 0.29) is 6.61 Å². The normalized spacial score (nSPS) is 10.2. The van der Waals surface area contributed by atoms with Gasteiger partial charge in [0.25, 0.3) is 0 Å². The molecular weight excluding hydrogens is 228 g/mol. The maximum Gasteiger partial charge on any atom is 0.404 e. The van der Waals surface area contributed by atoms with E-state index in [4.69, 9.17) is 5.73 Å². The molecule has 2 heterocycles. The maximum absolute atomic E-state index is 10.3. The van der Waals surface area contributed by atoms with Crippen LogP contribution in [-0.4, -0.2) is 29.2 Å². The quantitative estimate of drug-likeness (QED) is 0.781. The van der Waals surface area contributed by atoms with Gasteiger partial charge in [0.15, 0.2) is 0 Å². The molecule has 2 aromatic heterocycles. The monoisotopic (exact) mass is 238 g/mol. The maximum atomic E-state index is 10.3. The minimum atomic E-state index is -0.772. The first-order valence-corrected chi connectivity index (χ1v) is 5.49. The number of aromatic nitrogens is 2. The van der Waals surface area contributed by atoms with Crippen molar-refractivity contribution in [1.29, 1.82) is 0 Å². The number of nitrogens with zero attached hydrogens (tertiary/aromatic N) is 2. The Hall–Kier alpha value is -1.89. The number of primary amides is 1. The first-order chi connectivity index (χ1) is 7.77. The molecule has 0 saturated carbocycles. The number of hydrogen-bond donors (Lipinski definition) is 2. The van der Waals surface area contributed by atoms with E-state index in [2.05, 4.69) is 20.0 Å². The Balaban J connectivity index is 1.98. The number of ether oxygens (including phenoxy) is 1. The summed E-state index contributed by atoms with van der Waals surface area (Å²) in [6.07, 6.45) is 0.720. The molecule has 16 heavy (non-hydrogen) atoms. The molecule has 0 radical (unpaired) electrons. The van der Waals surface area contributed by atoms with Crippen molar-refractivity contribution in [3.05, 3.63) is 17.8 Å². The molecule has 2 rings (SSSR count). The predicted octanol–water partition coefficient (Wildman–Crippen LogP) is 1.20. The lowest BCUT2D eigenvalue weighted by molar-refractivity contribution is 0.161. The van der Waals surface area contributed by atoms with Crippen LogP contribution in [-0.2, 0) is 4.74 Å². The molecule has 0 aliphatic carbocycles. The highest BCUT2D eigenvalue weighted by atomic mass is 32.1. The van der Waals surface area contributed by atoms with Gasteiger partial charge in [0, 0.05) is 0 Å². The minimum absolute atomic E-state index is 0.214. The van der Waals surface area contributed by atoms with Gasteiger partial charge < -0.3 is 15.8 Å². The van der Waals surface area contributed by atoms with E-state index in [1.165, 1.54) is 6.33 Å². The number of hydrogen-bond acceptors (Lipinski definition) is 6. The summed E-state index contributed by atoms with van der Waals surface area (Å²) < 4.78 is 5.58. The van der Waals surface area contributed by atoms with Crippen molar-refractivity contribution in [1.82, 2.24) is 9.97 Å². The average molecular weight is 238 g/mol. The van der Waals surface area contributed by atoms with Gasteiger partial charge in [-0.05, 0) is 11.4 Å². The number of nitrogens with one attached hydrogen (secondary N) is 1. The molecule has 0 fully saturated rings. The molecule has 0 aliphatic heterocycles. The molecule has 0 unspecified atom stereocenters. The van der Waals surface area contributed by atoms with Crippen LogP contribution < -0.4 is 11.1 Å². The Morgan fingerprint density at radius 3 is 3.25 bits per heavy atom. The van der Waals surface area contributed by atoms with E-state index in [1.807, 2.05) is 11.4 Å². The zero-order chi connectivity index (χ0) is 11.4. The van der Waals surface area contributed by atoms with E-state index in [0.717, 1.165) is 16.0 Å². The van der Waals surface area contributed by atoms with Gasteiger partial charge in [-0.25, -0.2) is 14.8 Å². The van der Waals surface area contributed by atoms with Gasteiger partial charge in [-0.1, -0.05) is 0 Å². The Morgan fingerprint density at radius 2 is 2.44 bits per heavy atom. The second-order valence-electron chi connectivity index (χ2n) is 2.95. The van der Waals surface area contributed by atoms with Crippen molar-refractivity contribution in [3.8, 4) is 0 Å². The average Bonchev–Trinajstić information content (AvgIpc) is 2.72. The summed E-state index contributed by atoms with van der Waals surface area (Å²) in [4.78, 5) is 18.6. The predicted molar refractivity (Wildman–Crippen MR) is 61.4 cm³/mol. The van der Waals surface area contributed by atoms with Crippen LogP contribution in [0.3, 0.4) is 0 Å². The molecular formula is C9H10N4O2S. The second kappa shape index (κ2) is 4.75. The third kappa shape index (κ3) is 2.37. The largest absolute Gasteiger partial charge is 0.448 e. The fourth-order valence-corrected chi connectivity index (χ4v) is 2.05. The summed E-state index contributed by atoms with van der Waals surface area (Å²) in [5.74, 6) is 0.744. The Morgan fingerprint density at radius 1 is 1.56 bits per heavy atom. The number of anilines is 1. The van der Waals surface area contributed by atoms with Gasteiger partial charge in [0.2, 0.25) is 0 Å². The molecule has 0 bridgehead atoms. The van der Waals surface area contributed by atoms with Crippen LogP contribution in [0, 0.1) is 0 Å². The zero-order valence-corrected chi connectivity index (χ0v) is 9.16. The molecule has 84 valence electrons. The first-order valence-electron chi connectivity index (χ1n) is 4.61. The molecule has 6 nitrogen and oxygen atoms in total. The smallest absolute Gasteiger partial charge is 0.404 e. The van der Waals surface area contributed by atoms with Crippen molar-refractivity contribution in [2.75, 3.05) is 18.5 Å². The van der Waals surface area contributed by atoms with Crippen molar-refractivity contribution in [2.45, 2.75) is 0 Å². The summed E-state index contributed by atoms with van der Waals surface area (Å²) in [5, 5.41) is 5.00. The van der Waals surface area contributed by atoms with E-state index in [9.17, 15) is 4.79 Å². The summed E-state index contributed by atoms with van der Waals surface area (Å²) in [5.41, 5.74) is 5.73.